The van der Waals surface area contributed by atoms with Gasteiger partial charge in [0.05, 0.1) is 32.0 Å². The largest absolute Gasteiger partial charge is 0.480 e. The van der Waals surface area contributed by atoms with Crippen LogP contribution in [-0.2, 0) is 11.3 Å². The van der Waals surface area contributed by atoms with E-state index in [1.807, 2.05) is 11.0 Å². The van der Waals surface area contributed by atoms with E-state index in [0.29, 0.717) is 23.3 Å². The molecule has 12 nitrogen and oxygen atoms in total. The van der Waals surface area contributed by atoms with Crippen molar-refractivity contribution in [3.05, 3.63) is 35.8 Å². The normalized spacial score (nSPS) is 20.8. The molecular weight excluding hydrogens is 545 g/mol. The number of likely N-dealkylation sites (tertiary alicyclic amines) is 2. The van der Waals surface area contributed by atoms with E-state index in [-0.39, 0.29) is 62.9 Å². The molecule has 0 bridgehead atoms. The number of amides is 2. The Morgan fingerprint density at radius 1 is 1.20 bits per heavy atom. The number of methoxy groups -OCH3 is 1. The number of carbonyl (C=O) groups is 2. The summed E-state index contributed by atoms with van der Waals surface area (Å²) < 4.78 is 53.9. The Kier molecular flexibility index (Phi) is 7.89. The third kappa shape index (κ3) is 5.85. The van der Waals surface area contributed by atoms with Gasteiger partial charge in [-0.15, -0.1) is 0 Å². The van der Waals surface area contributed by atoms with Crippen LogP contribution in [0.5, 0.6) is 5.88 Å². The quantitative estimate of drug-likeness (QED) is 0.434. The van der Waals surface area contributed by atoms with Gasteiger partial charge in [-0.05, 0) is 24.6 Å². The fourth-order valence-corrected chi connectivity index (χ4v) is 5.18. The first-order valence-electron chi connectivity index (χ1n) is 13.2. The Morgan fingerprint density at radius 3 is 2.66 bits per heavy atom. The third-order valence-electron chi connectivity index (χ3n) is 7.32. The van der Waals surface area contributed by atoms with Crippen LogP contribution in [0.15, 0.2) is 24.7 Å². The van der Waals surface area contributed by atoms with E-state index in [1.165, 1.54) is 30.6 Å². The second-order valence-corrected chi connectivity index (χ2v) is 10.1. The number of nitrogens with zero attached hydrogens (tertiary/aromatic N) is 6. The SMILES string of the molecule is CCOC(=O)N1C[C@H](F)[C@H](NC(=O)c2cc(-c3cc(CN4CCC(F)(F)CC4)c4c(N)ncnn34)cnc2OC)C1. The highest BCUT2D eigenvalue weighted by Gasteiger charge is 2.38. The molecule has 0 unspecified atom stereocenters. The molecule has 5 rings (SSSR count). The molecule has 0 saturated carbocycles. The summed E-state index contributed by atoms with van der Waals surface area (Å²) in [5, 5.41) is 6.97. The molecule has 0 spiro atoms. The lowest BCUT2D eigenvalue weighted by atomic mass is 10.1. The number of alkyl halides is 3. The second kappa shape index (κ2) is 11.4. The maximum absolute atomic E-state index is 14.7. The van der Waals surface area contributed by atoms with E-state index in [0.717, 1.165) is 5.56 Å². The van der Waals surface area contributed by atoms with Gasteiger partial charge in [-0.25, -0.2) is 32.4 Å². The Bertz CT molecular complexity index is 1440. The van der Waals surface area contributed by atoms with Crippen LogP contribution in [-0.4, -0.2) is 99.4 Å². The smallest absolute Gasteiger partial charge is 0.409 e. The van der Waals surface area contributed by atoms with E-state index < -0.39 is 30.1 Å². The maximum atomic E-state index is 14.7. The molecular formula is C26H31F3N8O4. The summed E-state index contributed by atoms with van der Waals surface area (Å²) in [5.41, 5.74) is 8.51. The third-order valence-corrected chi connectivity index (χ3v) is 7.32. The number of piperidine rings is 1. The maximum Gasteiger partial charge on any atom is 0.409 e. The zero-order valence-corrected chi connectivity index (χ0v) is 22.6. The molecule has 2 atom stereocenters. The van der Waals surface area contributed by atoms with Crippen LogP contribution in [0.4, 0.5) is 23.8 Å². The van der Waals surface area contributed by atoms with E-state index in [4.69, 9.17) is 15.2 Å². The number of hydrogen-bond donors (Lipinski definition) is 2. The molecule has 3 aromatic heterocycles. The van der Waals surface area contributed by atoms with Gasteiger partial charge < -0.3 is 25.4 Å². The molecule has 5 heterocycles. The lowest BCUT2D eigenvalue weighted by Crippen LogP contribution is -2.42. The van der Waals surface area contributed by atoms with E-state index in [2.05, 4.69) is 20.4 Å². The van der Waals surface area contributed by atoms with Crippen LogP contribution in [0.3, 0.4) is 0 Å². The highest BCUT2D eigenvalue weighted by atomic mass is 19.3. The van der Waals surface area contributed by atoms with E-state index >= 15 is 0 Å². The molecule has 3 aromatic rings. The van der Waals surface area contributed by atoms with Crippen molar-refractivity contribution in [1.82, 2.24) is 34.7 Å². The predicted molar refractivity (Wildman–Crippen MR) is 141 cm³/mol. The minimum Gasteiger partial charge on any atom is -0.480 e. The fraction of sp³-hybridized carbons (Fsp3) is 0.500. The Hall–Kier alpha value is -4.14. The Morgan fingerprint density at radius 2 is 1.95 bits per heavy atom. The van der Waals surface area contributed by atoms with Crippen LogP contribution >= 0.6 is 0 Å². The van der Waals surface area contributed by atoms with E-state index in [1.54, 1.807) is 11.4 Å². The summed E-state index contributed by atoms with van der Waals surface area (Å²) in [7, 11) is 1.36. The molecule has 2 aliphatic heterocycles. The van der Waals surface area contributed by atoms with Gasteiger partial charge in [0.1, 0.15) is 23.6 Å². The number of anilines is 1. The van der Waals surface area contributed by atoms with Crippen molar-refractivity contribution in [3.63, 3.8) is 0 Å². The standard InChI is InChI=1S/C26H31F3N8O4/c1-3-41-25(39)36-12-18(27)19(13-36)34-23(38)17-8-15(10-31-24(17)40-2)20-9-16(21-22(30)32-14-33-37(20)21)11-35-6-4-26(28,29)5-7-35/h8-10,14,18-19H,3-7,11-13H2,1-2H3,(H,34,38)(H2,30,32,33)/t18-,19+/m0/s1. The summed E-state index contributed by atoms with van der Waals surface area (Å²) in [6.07, 6.45) is 0.198. The summed E-state index contributed by atoms with van der Waals surface area (Å²) in [5.74, 6) is -3.08. The van der Waals surface area contributed by atoms with Gasteiger partial charge in [0.15, 0.2) is 5.82 Å². The van der Waals surface area contributed by atoms with Crippen LogP contribution < -0.4 is 15.8 Å². The van der Waals surface area contributed by atoms with Gasteiger partial charge in [0.2, 0.25) is 5.88 Å². The second-order valence-electron chi connectivity index (χ2n) is 10.1. The zero-order chi connectivity index (χ0) is 29.3. The molecule has 2 saturated heterocycles. The molecule has 220 valence electrons. The molecule has 0 aromatic carbocycles. The summed E-state index contributed by atoms with van der Waals surface area (Å²) >= 11 is 0. The number of nitrogens with one attached hydrogen (secondary N) is 1. The first-order valence-corrected chi connectivity index (χ1v) is 13.2. The number of carbonyl (C=O) groups excluding carboxylic acids is 2. The monoisotopic (exact) mass is 576 g/mol. The Balaban J connectivity index is 1.43. The van der Waals surface area contributed by atoms with Crippen molar-refractivity contribution >= 4 is 23.3 Å². The van der Waals surface area contributed by atoms with Gasteiger partial charge >= 0.3 is 6.09 Å². The number of fused-ring (bicyclic) bond motifs is 1. The fourth-order valence-electron chi connectivity index (χ4n) is 5.18. The lowest BCUT2D eigenvalue weighted by molar-refractivity contribution is -0.0565. The zero-order valence-electron chi connectivity index (χ0n) is 22.6. The molecule has 41 heavy (non-hydrogen) atoms. The predicted octanol–water partition coefficient (Wildman–Crippen LogP) is 2.52. The van der Waals surface area contributed by atoms with Gasteiger partial charge in [-0.2, -0.15) is 5.10 Å². The first-order chi connectivity index (χ1) is 19.6. The van der Waals surface area contributed by atoms with Crippen molar-refractivity contribution in [2.75, 3.05) is 45.6 Å². The molecule has 2 aliphatic rings. The molecule has 0 radical (unpaired) electrons. The highest BCUT2D eigenvalue weighted by molar-refractivity contribution is 5.98. The number of ether oxygens (including phenoxy) is 2. The van der Waals surface area contributed by atoms with Crippen LogP contribution in [0.2, 0.25) is 0 Å². The minimum atomic E-state index is -2.67. The van der Waals surface area contributed by atoms with Crippen molar-refractivity contribution in [1.29, 1.82) is 0 Å². The topological polar surface area (TPSA) is 140 Å². The average molecular weight is 577 g/mol. The number of nitrogens with two attached hydrogens (primary N) is 1. The number of hydrogen-bond acceptors (Lipinski definition) is 9. The van der Waals surface area contributed by atoms with Gasteiger partial charge in [-0.1, -0.05) is 0 Å². The van der Waals surface area contributed by atoms with Crippen molar-refractivity contribution < 1.29 is 32.2 Å². The molecule has 2 fully saturated rings. The van der Waals surface area contributed by atoms with Gasteiger partial charge in [0, 0.05) is 50.8 Å². The molecule has 0 aliphatic carbocycles. The average Bonchev–Trinajstić information content (AvgIpc) is 3.50. The van der Waals surface area contributed by atoms with E-state index in [9.17, 15) is 22.8 Å². The summed E-state index contributed by atoms with van der Waals surface area (Å²) in [6, 6.07) is 2.40. The van der Waals surface area contributed by atoms with Crippen molar-refractivity contribution in [3.8, 4) is 17.1 Å². The van der Waals surface area contributed by atoms with Gasteiger partial charge in [-0.3, -0.25) is 9.69 Å². The number of halogens is 3. The van der Waals surface area contributed by atoms with Crippen LogP contribution in [0, 0.1) is 0 Å². The van der Waals surface area contributed by atoms with Crippen LogP contribution in [0.25, 0.3) is 16.8 Å². The first kappa shape index (κ1) is 28.4. The number of rotatable bonds is 7. The summed E-state index contributed by atoms with van der Waals surface area (Å²) in [4.78, 5) is 36.8. The molecule has 15 heteroatoms. The highest BCUT2D eigenvalue weighted by Crippen LogP contribution is 2.33. The van der Waals surface area contributed by atoms with Crippen molar-refractivity contribution in [2.24, 2.45) is 0 Å². The van der Waals surface area contributed by atoms with Crippen molar-refractivity contribution in [2.45, 2.75) is 44.4 Å². The number of nitrogen functional groups attached to an aromatic ring is 1. The van der Waals surface area contributed by atoms with Gasteiger partial charge in [0.25, 0.3) is 11.8 Å². The minimum absolute atomic E-state index is 0.0198. The number of pyridine rings is 1. The summed E-state index contributed by atoms with van der Waals surface area (Å²) in [6.45, 7) is 2.36. The Labute approximate surface area is 233 Å². The van der Waals surface area contributed by atoms with Crippen LogP contribution in [0.1, 0.15) is 35.7 Å². The molecule has 3 N–H and O–H groups in total. The molecule has 2 amide bonds. The lowest BCUT2D eigenvalue weighted by Gasteiger charge is -2.31. The number of aromatic nitrogens is 4.